The molecule has 0 fully saturated rings. The van der Waals surface area contributed by atoms with Gasteiger partial charge in [-0.1, -0.05) is 137 Å². The average molecular weight is 964 g/mol. The van der Waals surface area contributed by atoms with Crippen LogP contribution in [-0.4, -0.2) is 15.9 Å². The fraction of sp³-hybridized carbons (Fsp3) is 0.462. The number of pyridine rings is 1. The molecular formula is C52H64IrNO2S-. The number of allylic oxidation sites excluding steroid dienone is 2. The number of hydrogen-bond donors (Lipinski definition) is 1. The summed E-state index contributed by atoms with van der Waals surface area (Å²) in [6, 6.07) is 13.8. The zero-order chi connectivity index (χ0) is 45.4. The Morgan fingerprint density at radius 3 is 2.04 bits per heavy atom. The molecule has 0 aliphatic heterocycles. The van der Waals surface area contributed by atoms with Crippen LogP contribution in [0.1, 0.15) is 152 Å². The topological polar surface area (TPSA) is 50.2 Å². The Morgan fingerprint density at radius 2 is 1.44 bits per heavy atom. The van der Waals surface area contributed by atoms with Crippen molar-refractivity contribution >= 4 is 58.8 Å². The zero-order valence-electron chi connectivity index (χ0n) is 41.3. The molecule has 0 saturated heterocycles. The van der Waals surface area contributed by atoms with Gasteiger partial charge in [0, 0.05) is 77.2 Å². The van der Waals surface area contributed by atoms with Gasteiger partial charge in [0.1, 0.15) is 5.76 Å². The van der Waals surface area contributed by atoms with Gasteiger partial charge in [0.25, 0.3) is 0 Å². The normalized spacial score (nSPS) is 16.9. The summed E-state index contributed by atoms with van der Waals surface area (Å²) in [6.45, 7) is 27.4. The Labute approximate surface area is 367 Å². The summed E-state index contributed by atoms with van der Waals surface area (Å²) in [5.74, 6) is 0.286. The Morgan fingerprint density at radius 1 is 0.842 bits per heavy atom. The molecule has 6 aromatic rings. The van der Waals surface area contributed by atoms with Crippen LogP contribution in [0.3, 0.4) is 0 Å². The average Bonchev–Trinajstić information content (AvgIpc) is 3.60. The van der Waals surface area contributed by atoms with Gasteiger partial charge in [-0.2, -0.15) is 0 Å². The molecule has 1 radical (unpaired) electrons. The number of thiophene rings is 1. The molecule has 0 amide bonds. The molecule has 7 rings (SSSR count). The van der Waals surface area contributed by atoms with Crippen LogP contribution >= 0.6 is 11.3 Å². The Bertz CT molecular complexity index is 2750. The van der Waals surface area contributed by atoms with Gasteiger partial charge in [0.2, 0.25) is 0 Å². The fourth-order valence-electron chi connectivity index (χ4n) is 7.96. The molecule has 5 heteroatoms. The van der Waals surface area contributed by atoms with Crippen LogP contribution in [0.4, 0.5) is 0 Å². The number of aromatic nitrogens is 1. The molecule has 4 aromatic carbocycles. The molecule has 2 heterocycles. The van der Waals surface area contributed by atoms with Gasteiger partial charge >= 0.3 is 0 Å². The second-order valence-corrected chi connectivity index (χ2v) is 20.0. The van der Waals surface area contributed by atoms with Crippen molar-refractivity contribution in [1.29, 1.82) is 0 Å². The number of nitrogens with zero attached hydrogens (tertiary/aromatic N) is 1. The van der Waals surface area contributed by atoms with Crippen molar-refractivity contribution in [3.63, 3.8) is 0 Å². The van der Waals surface area contributed by atoms with Gasteiger partial charge in [-0.3, -0.25) is 9.78 Å². The maximum absolute atomic E-state index is 12.2. The molecule has 1 aliphatic rings. The maximum atomic E-state index is 12.2. The van der Waals surface area contributed by atoms with Crippen LogP contribution < -0.4 is 0 Å². The zero-order valence-corrected chi connectivity index (χ0v) is 39.5. The first-order valence-electron chi connectivity index (χ1n) is 23.0. The van der Waals surface area contributed by atoms with Gasteiger partial charge in [-0.05, 0) is 83.4 Å². The molecule has 0 saturated carbocycles. The van der Waals surface area contributed by atoms with Crippen LogP contribution in [0.5, 0.6) is 0 Å². The number of benzene rings is 4. The summed E-state index contributed by atoms with van der Waals surface area (Å²) in [5, 5.41) is 15.4. The monoisotopic (exact) mass is 964 g/mol. The first kappa shape index (κ1) is 37.9. The summed E-state index contributed by atoms with van der Waals surface area (Å²) >= 11 is 1.81. The van der Waals surface area contributed by atoms with Crippen LogP contribution in [-0.2, 0) is 41.1 Å². The minimum atomic E-state index is -0.548. The number of carbonyl (C=O) groups is 1. The van der Waals surface area contributed by atoms with Gasteiger partial charge in [-0.15, -0.1) is 40.4 Å². The van der Waals surface area contributed by atoms with Gasteiger partial charge in [0.05, 0.1) is 4.11 Å². The number of ketones is 1. The number of carbonyl (C=O) groups excluding carboxylic acids is 1. The number of aliphatic hydroxyl groups is 1. The summed E-state index contributed by atoms with van der Waals surface area (Å²) in [6.07, 6.45) is 8.94. The summed E-state index contributed by atoms with van der Waals surface area (Å²) in [5.41, 5.74) is 3.60. The Hall–Kier alpha value is -3.37. The molecule has 2 aromatic heterocycles. The smallest absolute Gasteiger partial charge is 0.164 e. The molecule has 0 unspecified atom stereocenters. The molecule has 0 atom stereocenters. The van der Waals surface area contributed by atoms with E-state index in [9.17, 15) is 11.3 Å². The molecule has 0 spiro atoms. The quantitative estimate of drug-likeness (QED) is 0.0939. The molecular weight excluding hydrogens is 895 g/mol. The minimum Gasteiger partial charge on any atom is -0.512 e. The number of aliphatic hydroxyl groups excluding tert-OH is 1. The number of rotatable bonds is 8. The van der Waals surface area contributed by atoms with E-state index in [1.54, 1.807) is 11.3 Å². The van der Waals surface area contributed by atoms with Gasteiger partial charge in [0.15, 0.2) is 5.78 Å². The van der Waals surface area contributed by atoms with Crippen LogP contribution in [0.25, 0.3) is 53.0 Å². The van der Waals surface area contributed by atoms with E-state index in [4.69, 9.17) is 10.5 Å². The summed E-state index contributed by atoms with van der Waals surface area (Å²) in [4.78, 5) is 17.0. The molecule has 57 heavy (non-hydrogen) atoms. The van der Waals surface area contributed by atoms with E-state index in [1.165, 1.54) is 50.2 Å². The predicted molar refractivity (Wildman–Crippen MR) is 243 cm³/mol. The van der Waals surface area contributed by atoms with Crippen molar-refractivity contribution < 1.29 is 36.9 Å². The fourth-order valence-corrected chi connectivity index (χ4v) is 9.21. The van der Waals surface area contributed by atoms with E-state index < -0.39 is 5.41 Å². The van der Waals surface area contributed by atoms with E-state index >= 15 is 0 Å². The van der Waals surface area contributed by atoms with Gasteiger partial charge in [-0.25, -0.2) is 0 Å². The van der Waals surface area contributed by atoms with E-state index in [1.807, 2.05) is 74.6 Å². The number of fused-ring (bicyclic) bond motifs is 7. The van der Waals surface area contributed by atoms with Crippen LogP contribution in [0, 0.1) is 16.9 Å². The third-order valence-corrected chi connectivity index (χ3v) is 14.6. The van der Waals surface area contributed by atoms with E-state index in [2.05, 4.69) is 58.0 Å². The maximum Gasteiger partial charge on any atom is 0.164 e. The molecule has 305 valence electrons. The van der Waals surface area contributed by atoms with Crippen LogP contribution in [0.2, 0.25) is 0 Å². The van der Waals surface area contributed by atoms with Crippen LogP contribution in [0.15, 0.2) is 78.6 Å². The SMILES string of the molecule is CCC(C)(CC)C(=O)/C=C(\O)C(C)(CC)CC.[2H]c1c([2H])c([2H])c2c(C(C)(C)C)c([2H])c(-c3cc4c(ccc5c6cc7c(cc6sc45)C(C)(C)CCC7(C)C)cn3)[c-]c2c1[2H].[Ir]. The van der Waals surface area contributed by atoms with Crippen molar-refractivity contribution in [2.45, 2.75) is 145 Å². The minimum absolute atomic E-state index is 0. The number of hydrogen-bond acceptors (Lipinski definition) is 4. The van der Waals surface area contributed by atoms with Crippen molar-refractivity contribution in [2.75, 3.05) is 0 Å². The largest absolute Gasteiger partial charge is 0.512 e. The Balaban J connectivity index is 0.000000345. The predicted octanol–water partition coefficient (Wildman–Crippen LogP) is 15.5. The first-order valence-corrected chi connectivity index (χ1v) is 21.3. The van der Waals surface area contributed by atoms with Crippen molar-refractivity contribution in [1.82, 2.24) is 4.98 Å². The summed E-state index contributed by atoms with van der Waals surface area (Å²) < 4.78 is 45.7. The van der Waals surface area contributed by atoms with Crippen molar-refractivity contribution in [2.24, 2.45) is 10.8 Å². The molecule has 1 aliphatic carbocycles. The second kappa shape index (κ2) is 16.4. The van der Waals surface area contributed by atoms with Crippen molar-refractivity contribution in [3.8, 4) is 11.3 Å². The van der Waals surface area contributed by atoms with Crippen molar-refractivity contribution in [3.05, 3.63) is 101 Å². The van der Waals surface area contributed by atoms with Gasteiger partial charge < -0.3 is 5.11 Å². The third-order valence-electron chi connectivity index (χ3n) is 13.4. The van der Waals surface area contributed by atoms with E-state index in [0.29, 0.717) is 27.6 Å². The standard InChI is InChI=1S/C37H36NS.C15H28O2.Ir/c1-35(2,3)29-17-24(16-22-10-8-9-11-25(22)29)32-19-27-23(21-38-32)12-13-26-28-18-30-31(20-33(28)39-34(26)27)37(6,7)15-14-36(30,4)5;1-7-14(5,8-2)12(16)11-13(17)15(6,9-3)10-4;/h8-13,17-21H,14-15H2,1-7H3;11,16H,7-10H2,1-6H3;/q-1;;/b;12-11-;/i8D,9D,10D,11D,17D;;. The molecule has 1 N–H and O–H groups in total. The Kier molecular flexibility index (Phi) is 10.9. The van der Waals surface area contributed by atoms with E-state index in [-0.39, 0.29) is 83.5 Å². The third kappa shape index (κ3) is 8.41. The second-order valence-electron chi connectivity index (χ2n) is 18.9. The molecule has 0 bridgehead atoms. The summed E-state index contributed by atoms with van der Waals surface area (Å²) in [7, 11) is 0. The molecule has 3 nitrogen and oxygen atoms in total. The van der Waals surface area contributed by atoms with E-state index in [0.717, 1.165) is 36.5 Å². The first-order chi connectivity index (χ1) is 28.3.